The first-order chi connectivity index (χ1) is 14.7. The molecule has 0 amide bonds. The summed E-state index contributed by atoms with van der Waals surface area (Å²) in [5.74, 6) is 0. The van der Waals surface area contributed by atoms with Crippen LogP contribution < -0.4 is 4.72 Å². The number of hydrogen-bond acceptors (Lipinski definition) is 4. The van der Waals surface area contributed by atoms with Gasteiger partial charge in [-0.3, -0.25) is 9.52 Å². The lowest BCUT2D eigenvalue weighted by molar-refractivity contribution is 0.112. The number of rotatable bonds is 5. The van der Waals surface area contributed by atoms with Gasteiger partial charge in [0.05, 0.1) is 9.77 Å². The van der Waals surface area contributed by atoms with Gasteiger partial charge in [0, 0.05) is 21.3 Å². The van der Waals surface area contributed by atoms with Crippen molar-refractivity contribution in [1.29, 1.82) is 0 Å². The van der Waals surface area contributed by atoms with Gasteiger partial charge in [0.15, 0.2) is 6.29 Å². The number of fused-ring (bicyclic) bond motifs is 1. The Morgan fingerprint density at radius 1 is 0.903 bits per heavy atom. The summed E-state index contributed by atoms with van der Waals surface area (Å²) in [6, 6.07) is 22.0. The fourth-order valence-corrected chi connectivity index (χ4v) is 5.59. The minimum Gasteiger partial charge on any atom is -0.297 e. The fourth-order valence-electron chi connectivity index (χ4n) is 3.51. The molecule has 0 saturated carbocycles. The molecular weight excluding hydrogens is 426 g/mol. The van der Waals surface area contributed by atoms with E-state index in [-0.39, 0.29) is 10.3 Å². The molecule has 0 aliphatic heterocycles. The van der Waals surface area contributed by atoms with Gasteiger partial charge < -0.3 is 0 Å². The molecule has 0 bridgehead atoms. The molecule has 1 aromatic heterocycles. The second-order valence-corrected chi connectivity index (χ2v) is 11.2. The summed E-state index contributed by atoms with van der Waals surface area (Å²) < 4.78 is 29.5. The number of anilines is 1. The Labute approximate surface area is 186 Å². The van der Waals surface area contributed by atoms with E-state index < -0.39 is 10.0 Å². The summed E-state index contributed by atoms with van der Waals surface area (Å²) in [4.78, 5) is 12.5. The Bertz CT molecular complexity index is 1350. The lowest BCUT2D eigenvalue weighted by atomic mass is 9.87. The summed E-state index contributed by atoms with van der Waals surface area (Å²) >= 11 is 1.40. The van der Waals surface area contributed by atoms with Crippen LogP contribution in [0.2, 0.25) is 0 Å². The molecule has 0 aliphatic rings. The minimum absolute atomic E-state index is 0.0518. The lowest BCUT2D eigenvalue weighted by Crippen LogP contribution is -2.14. The number of aldehydes is 1. The van der Waals surface area contributed by atoms with E-state index in [4.69, 9.17) is 0 Å². The molecule has 6 heteroatoms. The summed E-state index contributed by atoms with van der Waals surface area (Å²) in [5, 5.41) is 0.849. The number of sulfonamides is 1. The van der Waals surface area contributed by atoms with Crippen molar-refractivity contribution >= 4 is 43.4 Å². The second-order valence-electron chi connectivity index (χ2n) is 8.42. The normalized spacial score (nSPS) is 12.1. The van der Waals surface area contributed by atoms with Gasteiger partial charge in [-0.15, -0.1) is 11.3 Å². The van der Waals surface area contributed by atoms with E-state index in [0.717, 1.165) is 33.1 Å². The zero-order valence-corrected chi connectivity index (χ0v) is 19.2. The maximum absolute atomic E-state index is 13.0. The Kier molecular flexibility index (Phi) is 5.45. The average Bonchev–Trinajstić information content (AvgIpc) is 3.11. The van der Waals surface area contributed by atoms with Crippen molar-refractivity contribution in [3.05, 3.63) is 83.2 Å². The van der Waals surface area contributed by atoms with Crippen LogP contribution in [0.3, 0.4) is 0 Å². The van der Waals surface area contributed by atoms with E-state index in [9.17, 15) is 13.2 Å². The molecule has 0 fully saturated rings. The monoisotopic (exact) mass is 449 g/mol. The van der Waals surface area contributed by atoms with Crippen LogP contribution >= 0.6 is 11.3 Å². The van der Waals surface area contributed by atoms with Gasteiger partial charge in [0.25, 0.3) is 10.0 Å². The van der Waals surface area contributed by atoms with Gasteiger partial charge in [-0.1, -0.05) is 63.2 Å². The summed E-state index contributed by atoms with van der Waals surface area (Å²) in [6.07, 6.45) is 0.855. The smallest absolute Gasteiger partial charge is 0.261 e. The van der Waals surface area contributed by atoms with Crippen molar-refractivity contribution < 1.29 is 13.2 Å². The van der Waals surface area contributed by atoms with E-state index in [1.807, 2.05) is 48.5 Å². The third kappa shape index (κ3) is 4.27. The van der Waals surface area contributed by atoms with Crippen molar-refractivity contribution in [3.8, 4) is 11.1 Å². The largest absolute Gasteiger partial charge is 0.297 e. The summed E-state index contributed by atoms with van der Waals surface area (Å²) in [6.45, 7) is 6.26. The number of thiophene rings is 1. The average molecular weight is 450 g/mol. The molecule has 0 saturated heterocycles. The van der Waals surface area contributed by atoms with Gasteiger partial charge >= 0.3 is 0 Å². The van der Waals surface area contributed by atoms with Crippen molar-refractivity contribution in [2.75, 3.05) is 4.72 Å². The molecule has 0 unspecified atom stereocenters. The standard InChI is InChI=1S/C25H23NO3S2/c1-25(2,3)18-9-12-20(13-10-18)31(28,29)26-19-11-14-22-21(15-19)24(23(16-27)30-22)17-7-5-4-6-8-17/h4-16,26H,1-3H3. The lowest BCUT2D eigenvalue weighted by Gasteiger charge is -2.19. The molecule has 0 spiro atoms. The maximum atomic E-state index is 13.0. The topological polar surface area (TPSA) is 63.2 Å². The van der Waals surface area contributed by atoms with Crippen LogP contribution in [0, 0.1) is 0 Å². The van der Waals surface area contributed by atoms with Gasteiger partial charge in [-0.05, 0) is 46.9 Å². The van der Waals surface area contributed by atoms with Crippen LogP contribution in [-0.2, 0) is 15.4 Å². The molecule has 0 atom stereocenters. The Hall–Kier alpha value is -2.96. The Morgan fingerprint density at radius 2 is 1.58 bits per heavy atom. The molecule has 4 nitrogen and oxygen atoms in total. The predicted octanol–water partition coefficient (Wildman–Crippen LogP) is 6.48. The molecule has 3 aromatic carbocycles. The molecule has 1 heterocycles. The second kappa shape index (κ2) is 7.94. The third-order valence-electron chi connectivity index (χ3n) is 5.17. The van der Waals surface area contributed by atoms with E-state index in [1.165, 1.54) is 11.3 Å². The predicted molar refractivity (Wildman–Crippen MR) is 129 cm³/mol. The highest BCUT2D eigenvalue weighted by Crippen LogP contribution is 2.39. The molecule has 0 aliphatic carbocycles. The molecule has 4 aromatic rings. The van der Waals surface area contributed by atoms with Gasteiger partial charge in [-0.25, -0.2) is 8.42 Å². The number of carbonyl (C=O) groups excluding carboxylic acids is 1. The first-order valence-electron chi connectivity index (χ1n) is 9.89. The highest BCUT2D eigenvalue weighted by atomic mass is 32.2. The Balaban J connectivity index is 1.73. The number of hydrogen-bond donors (Lipinski definition) is 1. The van der Waals surface area contributed by atoms with Crippen molar-refractivity contribution in [2.24, 2.45) is 0 Å². The van der Waals surface area contributed by atoms with Crippen LogP contribution in [0.4, 0.5) is 5.69 Å². The van der Waals surface area contributed by atoms with E-state index in [1.54, 1.807) is 24.3 Å². The first kappa shape index (κ1) is 21.3. The SMILES string of the molecule is CC(C)(C)c1ccc(S(=O)(=O)Nc2ccc3sc(C=O)c(-c4ccccc4)c3c2)cc1. The molecular formula is C25H23NO3S2. The highest BCUT2D eigenvalue weighted by molar-refractivity contribution is 7.92. The van der Waals surface area contributed by atoms with E-state index in [2.05, 4.69) is 25.5 Å². The molecule has 31 heavy (non-hydrogen) atoms. The zero-order valence-electron chi connectivity index (χ0n) is 17.5. The van der Waals surface area contributed by atoms with Gasteiger partial charge in [-0.2, -0.15) is 0 Å². The minimum atomic E-state index is -3.74. The van der Waals surface area contributed by atoms with E-state index in [0.29, 0.717) is 10.6 Å². The number of carbonyl (C=O) groups is 1. The van der Waals surface area contributed by atoms with Crippen LogP contribution in [0.25, 0.3) is 21.2 Å². The molecule has 158 valence electrons. The van der Waals surface area contributed by atoms with Crippen LogP contribution in [0.5, 0.6) is 0 Å². The van der Waals surface area contributed by atoms with Gasteiger partial charge in [0.2, 0.25) is 0 Å². The third-order valence-corrected chi connectivity index (χ3v) is 7.66. The Morgan fingerprint density at radius 3 is 2.19 bits per heavy atom. The van der Waals surface area contributed by atoms with Crippen molar-refractivity contribution in [1.82, 2.24) is 0 Å². The van der Waals surface area contributed by atoms with Crippen LogP contribution in [-0.4, -0.2) is 14.7 Å². The van der Waals surface area contributed by atoms with E-state index >= 15 is 0 Å². The molecule has 0 radical (unpaired) electrons. The van der Waals surface area contributed by atoms with Crippen molar-refractivity contribution in [2.45, 2.75) is 31.1 Å². The first-order valence-corrected chi connectivity index (χ1v) is 12.2. The highest BCUT2D eigenvalue weighted by Gasteiger charge is 2.19. The number of benzene rings is 3. The quantitative estimate of drug-likeness (QED) is 0.355. The molecule has 1 N–H and O–H groups in total. The van der Waals surface area contributed by atoms with Gasteiger partial charge in [0.1, 0.15) is 0 Å². The zero-order chi connectivity index (χ0) is 22.2. The summed E-state index contributed by atoms with van der Waals surface area (Å²) in [7, 11) is -3.74. The molecule has 4 rings (SSSR count). The van der Waals surface area contributed by atoms with Crippen molar-refractivity contribution in [3.63, 3.8) is 0 Å². The van der Waals surface area contributed by atoms with Crippen LogP contribution in [0.1, 0.15) is 36.0 Å². The maximum Gasteiger partial charge on any atom is 0.261 e. The number of nitrogens with one attached hydrogen (secondary N) is 1. The summed E-state index contributed by atoms with van der Waals surface area (Å²) in [5.41, 5.74) is 3.23. The fraction of sp³-hybridized carbons (Fsp3) is 0.160. The van der Waals surface area contributed by atoms with Crippen LogP contribution in [0.15, 0.2) is 77.7 Å².